The summed E-state index contributed by atoms with van der Waals surface area (Å²) in [4.78, 5) is 1.21. The lowest BCUT2D eigenvalue weighted by atomic mass is 10.4. The minimum atomic E-state index is 0. The molecule has 1 aromatic heterocycles. The van der Waals surface area contributed by atoms with Crippen LogP contribution in [0.4, 0.5) is 5.69 Å². The summed E-state index contributed by atoms with van der Waals surface area (Å²) < 4.78 is 0. The molecule has 1 aromatic rings. The molecule has 0 amide bonds. The highest BCUT2D eigenvalue weighted by Gasteiger charge is 1.87. The van der Waals surface area contributed by atoms with Crippen molar-refractivity contribution in [1.29, 1.82) is 0 Å². The monoisotopic (exact) mass is 149 g/mol. The van der Waals surface area contributed by atoms with Crippen LogP contribution in [0.25, 0.3) is 0 Å². The average Bonchev–Trinajstić information content (AvgIpc) is 1.91. The molecule has 0 saturated heterocycles. The van der Waals surface area contributed by atoms with Crippen molar-refractivity contribution in [2.24, 2.45) is 0 Å². The van der Waals surface area contributed by atoms with E-state index in [1.807, 2.05) is 18.4 Å². The predicted octanol–water partition coefficient (Wildman–Crippen LogP) is 2.06. The summed E-state index contributed by atoms with van der Waals surface area (Å²) in [6, 6.07) is 1.92. The first kappa shape index (κ1) is 7.79. The van der Waals surface area contributed by atoms with Gasteiger partial charge in [-0.25, -0.2) is 0 Å². The van der Waals surface area contributed by atoms with Gasteiger partial charge in [0.1, 0.15) is 0 Å². The Bertz CT molecular complexity index is 145. The molecule has 0 atom stereocenters. The van der Waals surface area contributed by atoms with Gasteiger partial charge in [0.15, 0.2) is 0 Å². The molecule has 0 aliphatic rings. The van der Waals surface area contributed by atoms with E-state index in [0.717, 1.165) is 5.69 Å². The van der Waals surface area contributed by atoms with Crippen LogP contribution in [-0.2, 0) is 0 Å². The number of anilines is 1. The maximum absolute atomic E-state index is 5.45. The first-order valence-corrected chi connectivity index (χ1v) is 2.98. The zero-order valence-corrected chi connectivity index (χ0v) is 6.18. The average molecular weight is 150 g/mol. The number of thiophene rings is 1. The number of hydrogen-bond donors (Lipinski definition) is 1. The second-order valence-corrected chi connectivity index (χ2v) is 2.55. The molecular weight excluding hydrogens is 142 g/mol. The largest absolute Gasteiger partial charge is 0.398 e. The van der Waals surface area contributed by atoms with E-state index in [4.69, 9.17) is 5.73 Å². The summed E-state index contributed by atoms with van der Waals surface area (Å²) in [5.41, 5.74) is 6.36. The van der Waals surface area contributed by atoms with E-state index in [2.05, 4.69) is 0 Å². The van der Waals surface area contributed by atoms with Crippen molar-refractivity contribution in [2.45, 2.75) is 6.92 Å². The van der Waals surface area contributed by atoms with Gasteiger partial charge in [-0.2, -0.15) is 0 Å². The van der Waals surface area contributed by atoms with Gasteiger partial charge in [0.2, 0.25) is 0 Å². The van der Waals surface area contributed by atoms with Gasteiger partial charge in [0.05, 0.1) is 0 Å². The van der Waals surface area contributed by atoms with Crippen molar-refractivity contribution in [3.05, 3.63) is 16.3 Å². The zero-order valence-electron chi connectivity index (χ0n) is 4.55. The Morgan fingerprint density at radius 1 is 1.62 bits per heavy atom. The predicted molar refractivity (Wildman–Crippen MR) is 40.7 cm³/mol. The van der Waals surface area contributed by atoms with E-state index >= 15 is 0 Å². The van der Waals surface area contributed by atoms with Crippen LogP contribution in [0.2, 0.25) is 0 Å². The Balaban J connectivity index is 0.000000490. The summed E-state index contributed by atoms with van der Waals surface area (Å²) in [6.07, 6.45) is 0. The molecule has 0 saturated carbocycles. The number of nitrogen functional groups attached to an aromatic ring is 1. The number of nitrogens with two attached hydrogens (primary N) is 1. The van der Waals surface area contributed by atoms with Crippen molar-refractivity contribution in [2.75, 3.05) is 5.73 Å². The van der Waals surface area contributed by atoms with Crippen LogP contribution in [-0.4, -0.2) is 0 Å². The second kappa shape index (κ2) is 2.95. The summed E-state index contributed by atoms with van der Waals surface area (Å²) >= 11 is 1.68. The van der Waals surface area contributed by atoms with E-state index in [1.54, 1.807) is 11.3 Å². The van der Waals surface area contributed by atoms with Gasteiger partial charge in [0, 0.05) is 10.6 Å². The number of halogens is 1. The Hall–Kier alpha value is -0.210. The van der Waals surface area contributed by atoms with Gasteiger partial charge >= 0.3 is 0 Å². The highest BCUT2D eigenvalue weighted by atomic mass is 35.5. The molecule has 0 fully saturated rings. The standard InChI is InChI=1S/C5H7NS.ClH/c1-4-5(6)2-3-7-4;/h2-3H,6H2,1H3;1H. The van der Waals surface area contributed by atoms with Crippen LogP contribution < -0.4 is 5.73 Å². The van der Waals surface area contributed by atoms with Crippen LogP contribution in [0.1, 0.15) is 4.88 Å². The number of rotatable bonds is 0. The van der Waals surface area contributed by atoms with Gasteiger partial charge in [-0.1, -0.05) is 0 Å². The lowest BCUT2D eigenvalue weighted by Crippen LogP contribution is -1.79. The van der Waals surface area contributed by atoms with Crippen molar-refractivity contribution in [1.82, 2.24) is 0 Å². The van der Waals surface area contributed by atoms with Crippen molar-refractivity contribution < 1.29 is 0 Å². The Morgan fingerprint density at radius 3 is 2.38 bits per heavy atom. The van der Waals surface area contributed by atoms with E-state index in [1.165, 1.54) is 4.88 Å². The molecule has 1 nitrogen and oxygen atoms in total. The van der Waals surface area contributed by atoms with Crippen LogP contribution in [0.5, 0.6) is 0 Å². The molecule has 3 heteroatoms. The number of aryl methyl sites for hydroxylation is 1. The van der Waals surface area contributed by atoms with E-state index in [-0.39, 0.29) is 12.4 Å². The Kier molecular flexibility index (Phi) is 2.87. The van der Waals surface area contributed by atoms with E-state index in [0.29, 0.717) is 0 Å². The molecular formula is C5H8ClNS. The van der Waals surface area contributed by atoms with Crippen molar-refractivity contribution in [3.63, 3.8) is 0 Å². The Morgan fingerprint density at radius 2 is 2.25 bits per heavy atom. The third kappa shape index (κ3) is 1.39. The molecule has 0 unspecified atom stereocenters. The first-order valence-electron chi connectivity index (χ1n) is 2.10. The third-order valence-electron chi connectivity index (χ3n) is 0.899. The molecule has 1 heterocycles. The molecule has 0 aromatic carbocycles. The zero-order chi connectivity index (χ0) is 5.28. The van der Waals surface area contributed by atoms with Crippen LogP contribution >= 0.6 is 23.7 Å². The fourth-order valence-electron chi connectivity index (χ4n) is 0.395. The molecule has 0 spiro atoms. The maximum atomic E-state index is 5.45. The molecule has 0 radical (unpaired) electrons. The van der Waals surface area contributed by atoms with Gasteiger partial charge in [-0.05, 0) is 18.4 Å². The van der Waals surface area contributed by atoms with Crippen LogP contribution in [0, 0.1) is 6.92 Å². The third-order valence-corrected chi connectivity index (χ3v) is 1.76. The molecule has 46 valence electrons. The Labute approximate surface area is 58.9 Å². The molecule has 2 N–H and O–H groups in total. The van der Waals surface area contributed by atoms with E-state index in [9.17, 15) is 0 Å². The number of hydrogen-bond acceptors (Lipinski definition) is 2. The fraction of sp³-hybridized carbons (Fsp3) is 0.200. The normalized spacial score (nSPS) is 8.12. The highest BCUT2D eigenvalue weighted by molar-refractivity contribution is 7.10. The fourth-order valence-corrected chi connectivity index (χ4v) is 1.02. The quantitative estimate of drug-likeness (QED) is 0.601. The highest BCUT2D eigenvalue weighted by Crippen LogP contribution is 2.15. The summed E-state index contributed by atoms with van der Waals surface area (Å²) in [5.74, 6) is 0. The smallest absolute Gasteiger partial charge is 0.0452 e. The van der Waals surface area contributed by atoms with E-state index < -0.39 is 0 Å². The lowest BCUT2D eigenvalue weighted by molar-refractivity contribution is 1.63. The van der Waals surface area contributed by atoms with Gasteiger partial charge in [0.25, 0.3) is 0 Å². The molecule has 0 bridgehead atoms. The van der Waals surface area contributed by atoms with Crippen molar-refractivity contribution >= 4 is 29.4 Å². The first-order chi connectivity index (χ1) is 3.30. The summed E-state index contributed by atoms with van der Waals surface area (Å²) in [7, 11) is 0. The SMILES string of the molecule is Cc1sccc1N.Cl. The molecule has 0 aliphatic heterocycles. The minimum absolute atomic E-state index is 0. The summed E-state index contributed by atoms with van der Waals surface area (Å²) in [6.45, 7) is 2.01. The van der Waals surface area contributed by atoms with Gasteiger partial charge < -0.3 is 5.73 Å². The second-order valence-electron chi connectivity index (χ2n) is 1.43. The van der Waals surface area contributed by atoms with Crippen LogP contribution in [0.15, 0.2) is 11.4 Å². The van der Waals surface area contributed by atoms with Gasteiger partial charge in [-0.15, -0.1) is 23.7 Å². The maximum Gasteiger partial charge on any atom is 0.0452 e. The minimum Gasteiger partial charge on any atom is -0.398 e. The molecule has 8 heavy (non-hydrogen) atoms. The molecule has 1 rings (SSSR count). The van der Waals surface area contributed by atoms with Crippen molar-refractivity contribution in [3.8, 4) is 0 Å². The molecule has 0 aliphatic carbocycles. The van der Waals surface area contributed by atoms with Gasteiger partial charge in [-0.3, -0.25) is 0 Å². The lowest BCUT2D eigenvalue weighted by Gasteiger charge is -1.81. The topological polar surface area (TPSA) is 26.0 Å². The van der Waals surface area contributed by atoms with Crippen LogP contribution in [0.3, 0.4) is 0 Å². The summed E-state index contributed by atoms with van der Waals surface area (Å²) in [5, 5.41) is 1.99.